The van der Waals surface area contributed by atoms with Crippen LogP contribution in [0.5, 0.6) is 0 Å². The van der Waals surface area contributed by atoms with Gasteiger partial charge in [0, 0.05) is 37.7 Å². The van der Waals surface area contributed by atoms with E-state index in [1.165, 1.54) is 12.8 Å². The quantitative estimate of drug-likeness (QED) is 0.741. The van der Waals surface area contributed by atoms with E-state index >= 15 is 0 Å². The Labute approximate surface area is 114 Å². The smallest absolute Gasteiger partial charge is 0.0945 e. The normalized spacial score (nSPS) is 11.3. The Morgan fingerprint density at radius 3 is 2.84 bits per heavy atom. The van der Waals surface area contributed by atoms with E-state index < -0.39 is 0 Å². The maximum Gasteiger partial charge on any atom is 0.0945 e. The highest BCUT2D eigenvalue weighted by molar-refractivity contribution is 4.98. The Hall–Kier alpha value is -1.62. The standard InChI is InChI=1S/C14H23N5/c1-13(2)19-9-5-14(17-19)11-15-6-3-4-8-18-10-7-16-12-18/h5,7,9-10,12-13,15H,3-4,6,8,11H2,1-2H3. The number of hydrogen-bond acceptors (Lipinski definition) is 3. The molecule has 1 N–H and O–H groups in total. The zero-order chi connectivity index (χ0) is 13.5. The monoisotopic (exact) mass is 261 g/mol. The molecular weight excluding hydrogens is 238 g/mol. The van der Waals surface area contributed by atoms with Crippen LogP contribution < -0.4 is 5.32 Å². The average molecular weight is 261 g/mol. The molecule has 5 heteroatoms. The molecule has 0 spiro atoms. The first kappa shape index (κ1) is 13.8. The molecule has 19 heavy (non-hydrogen) atoms. The van der Waals surface area contributed by atoms with Crippen molar-refractivity contribution in [3.63, 3.8) is 0 Å². The summed E-state index contributed by atoms with van der Waals surface area (Å²) in [4.78, 5) is 4.03. The summed E-state index contributed by atoms with van der Waals surface area (Å²) < 4.78 is 4.11. The van der Waals surface area contributed by atoms with Crippen molar-refractivity contribution in [2.45, 2.75) is 45.8 Å². The number of rotatable bonds is 8. The van der Waals surface area contributed by atoms with Gasteiger partial charge in [0.25, 0.3) is 0 Å². The highest BCUT2D eigenvalue weighted by Crippen LogP contribution is 2.03. The minimum atomic E-state index is 0.434. The van der Waals surface area contributed by atoms with Gasteiger partial charge in [-0.25, -0.2) is 4.98 Å². The molecule has 0 aliphatic carbocycles. The Morgan fingerprint density at radius 2 is 2.16 bits per heavy atom. The number of unbranched alkanes of at least 4 members (excludes halogenated alkanes) is 1. The van der Waals surface area contributed by atoms with Crippen molar-refractivity contribution < 1.29 is 0 Å². The number of hydrogen-bond donors (Lipinski definition) is 1. The Kier molecular flexibility index (Phi) is 5.15. The van der Waals surface area contributed by atoms with Crippen LogP contribution >= 0.6 is 0 Å². The molecule has 5 nitrogen and oxygen atoms in total. The van der Waals surface area contributed by atoms with Crippen LogP contribution in [-0.2, 0) is 13.1 Å². The van der Waals surface area contributed by atoms with E-state index in [9.17, 15) is 0 Å². The summed E-state index contributed by atoms with van der Waals surface area (Å²) in [5.41, 5.74) is 1.11. The lowest BCUT2D eigenvalue weighted by Crippen LogP contribution is -2.16. The summed E-state index contributed by atoms with van der Waals surface area (Å²) in [5.74, 6) is 0. The van der Waals surface area contributed by atoms with Crippen molar-refractivity contribution in [1.29, 1.82) is 0 Å². The third kappa shape index (κ3) is 4.52. The van der Waals surface area contributed by atoms with Crippen molar-refractivity contribution in [3.05, 3.63) is 36.7 Å². The summed E-state index contributed by atoms with van der Waals surface area (Å²) in [6, 6.07) is 2.52. The lowest BCUT2D eigenvalue weighted by atomic mass is 10.3. The fraction of sp³-hybridized carbons (Fsp3) is 0.571. The second-order valence-corrected chi connectivity index (χ2v) is 5.07. The van der Waals surface area contributed by atoms with Crippen molar-refractivity contribution in [2.75, 3.05) is 6.54 Å². The molecule has 104 valence electrons. The van der Waals surface area contributed by atoms with Crippen molar-refractivity contribution in [1.82, 2.24) is 24.6 Å². The van der Waals surface area contributed by atoms with Gasteiger partial charge in [-0.2, -0.15) is 5.10 Å². The number of imidazole rings is 1. The number of nitrogens with zero attached hydrogens (tertiary/aromatic N) is 4. The highest BCUT2D eigenvalue weighted by atomic mass is 15.3. The minimum absolute atomic E-state index is 0.434. The molecule has 0 saturated carbocycles. The van der Waals surface area contributed by atoms with Crippen molar-refractivity contribution in [2.24, 2.45) is 0 Å². The number of nitrogens with one attached hydrogen (secondary N) is 1. The van der Waals surface area contributed by atoms with Crippen LogP contribution in [0, 0.1) is 0 Å². The van der Waals surface area contributed by atoms with E-state index in [4.69, 9.17) is 0 Å². The maximum absolute atomic E-state index is 4.51. The number of aromatic nitrogens is 4. The van der Waals surface area contributed by atoms with E-state index in [0.717, 1.165) is 25.3 Å². The average Bonchev–Trinajstić information content (AvgIpc) is 3.04. The van der Waals surface area contributed by atoms with Crippen molar-refractivity contribution in [3.8, 4) is 0 Å². The predicted molar refractivity (Wildman–Crippen MR) is 75.8 cm³/mol. The lowest BCUT2D eigenvalue weighted by Gasteiger charge is -2.05. The van der Waals surface area contributed by atoms with E-state index in [-0.39, 0.29) is 0 Å². The van der Waals surface area contributed by atoms with Gasteiger partial charge < -0.3 is 9.88 Å². The fourth-order valence-electron chi connectivity index (χ4n) is 1.94. The molecule has 2 rings (SSSR count). The largest absolute Gasteiger partial charge is 0.337 e. The van der Waals surface area contributed by atoms with Gasteiger partial charge in [0.1, 0.15) is 0 Å². The second-order valence-electron chi connectivity index (χ2n) is 5.07. The number of aryl methyl sites for hydroxylation is 1. The van der Waals surface area contributed by atoms with Gasteiger partial charge in [0.15, 0.2) is 0 Å². The van der Waals surface area contributed by atoms with Gasteiger partial charge >= 0.3 is 0 Å². The molecule has 0 bridgehead atoms. The third-order valence-corrected chi connectivity index (χ3v) is 3.08. The predicted octanol–water partition coefficient (Wildman–Crippen LogP) is 2.23. The van der Waals surface area contributed by atoms with Crippen LogP contribution in [-0.4, -0.2) is 25.9 Å². The molecule has 2 heterocycles. The van der Waals surface area contributed by atoms with Gasteiger partial charge in [-0.1, -0.05) is 0 Å². The van der Waals surface area contributed by atoms with Crippen LogP contribution in [0.15, 0.2) is 31.0 Å². The zero-order valence-electron chi connectivity index (χ0n) is 11.8. The first-order valence-electron chi connectivity index (χ1n) is 6.96. The molecule has 2 aromatic rings. The molecule has 0 radical (unpaired) electrons. The molecule has 0 aliphatic rings. The molecule has 0 amide bonds. The van der Waals surface area contributed by atoms with E-state index in [0.29, 0.717) is 6.04 Å². The minimum Gasteiger partial charge on any atom is -0.337 e. The van der Waals surface area contributed by atoms with Crippen LogP contribution in [0.25, 0.3) is 0 Å². The third-order valence-electron chi connectivity index (χ3n) is 3.08. The SMILES string of the molecule is CC(C)n1ccc(CNCCCCn2ccnc2)n1. The van der Waals surface area contributed by atoms with Gasteiger partial charge in [-0.15, -0.1) is 0 Å². The summed E-state index contributed by atoms with van der Waals surface area (Å²) in [7, 11) is 0. The van der Waals surface area contributed by atoms with E-state index in [2.05, 4.69) is 39.9 Å². The molecule has 0 atom stereocenters. The van der Waals surface area contributed by atoms with Gasteiger partial charge in [-0.3, -0.25) is 4.68 Å². The van der Waals surface area contributed by atoms with Gasteiger partial charge in [0.05, 0.1) is 12.0 Å². The Balaban J connectivity index is 1.56. The summed E-state index contributed by atoms with van der Waals surface area (Å²) in [6.07, 6.45) is 10.1. The van der Waals surface area contributed by atoms with Crippen LogP contribution in [0.3, 0.4) is 0 Å². The second kappa shape index (κ2) is 7.09. The first-order chi connectivity index (χ1) is 9.25. The molecule has 0 fully saturated rings. The van der Waals surface area contributed by atoms with E-state index in [1.54, 1.807) is 0 Å². The topological polar surface area (TPSA) is 47.7 Å². The van der Waals surface area contributed by atoms with Crippen LogP contribution in [0.4, 0.5) is 0 Å². The first-order valence-corrected chi connectivity index (χ1v) is 6.96. The highest BCUT2D eigenvalue weighted by Gasteiger charge is 2.01. The summed E-state index contributed by atoms with van der Waals surface area (Å²) in [6.45, 7) is 7.21. The van der Waals surface area contributed by atoms with Gasteiger partial charge in [0.2, 0.25) is 0 Å². The molecular formula is C14H23N5. The molecule has 0 aromatic carbocycles. The van der Waals surface area contributed by atoms with Crippen LogP contribution in [0.2, 0.25) is 0 Å². The summed E-state index contributed by atoms with van der Waals surface area (Å²) in [5, 5.41) is 7.94. The van der Waals surface area contributed by atoms with Crippen molar-refractivity contribution >= 4 is 0 Å². The molecule has 2 aromatic heterocycles. The van der Waals surface area contributed by atoms with Gasteiger partial charge in [-0.05, 0) is 39.3 Å². The molecule has 0 aliphatic heterocycles. The Morgan fingerprint density at radius 1 is 1.26 bits per heavy atom. The lowest BCUT2D eigenvalue weighted by molar-refractivity contribution is 0.517. The fourth-order valence-corrected chi connectivity index (χ4v) is 1.94. The van der Waals surface area contributed by atoms with E-state index in [1.807, 2.05) is 29.6 Å². The maximum atomic E-state index is 4.51. The molecule has 0 unspecified atom stereocenters. The molecule has 0 saturated heterocycles. The summed E-state index contributed by atoms with van der Waals surface area (Å²) >= 11 is 0. The zero-order valence-corrected chi connectivity index (χ0v) is 11.8. The Bertz CT molecular complexity index is 458. The van der Waals surface area contributed by atoms with Crippen LogP contribution in [0.1, 0.15) is 38.4 Å².